The van der Waals surface area contributed by atoms with Gasteiger partial charge in [0.25, 0.3) is 0 Å². The van der Waals surface area contributed by atoms with Crippen molar-refractivity contribution in [3.63, 3.8) is 0 Å². The maximum Gasteiger partial charge on any atom is 0.387 e. The second-order valence-electron chi connectivity index (χ2n) is 8.20. The third-order valence-electron chi connectivity index (χ3n) is 5.21. The summed E-state index contributed by atoms with van der Waals surface area (Å²) in [6.07, 6.45) is 1.89. The molecule has 0 aliphatic rings. The average molecular weight is 449 g/mol. The minimum atomic E-state index is -2.89. The molecule has 0 bridgehead atoms. The molecule has 0 radical (unpaired) electrons. The molecule has 1 aromatic carbocycles. The molecular formula is C23H30F2N4O3. The molecule has 2 heterocycles. The summed E-state index contributed by atoms with van der Waals surface area (Å²) in [7, 11) is 1.84. The minimum Gasteiger partial charge on any atom is -0.435 e. The number of hydrogen-bond donors (Lipinski definition) is 2. The Morgan fingerprint density at radius 2 is 1.91 bits per heavy atom. The molecule has 0 amide bonds. The van der Waals surface area contributed by atoms with Crippen molar-refractivity contribution in [2.75, 3.05) is 7.05 Å². The molecule has 0 saturated carbocycles. The lowest BCUT2D eigenvalue weighted by Crippen LogP contribution is -2.45. The summed E-state index contributed by atoms with van der Waals surface area (Å²) in [5.74, 6) is 0.0549. The SMILES string of the molecule is CC(C)n1nc(-c2cccc(OC(F)F)c2)c2ncc(C=O)cc21.CNC(C)(C)[C@@H](C)O. The third kappa shape index (κ3) is 6.08. The highest BCUT2D eigenvalue weighted by molar-refractivity contribution is 5.93. The molecule has 0 fully saturated rings. The Hall–Kier alpha value is -2.91. The zero-order chi connectivity index (χ0) is 24.1. The van der Waals surface area contributed by atoms with Crippen LogP contribution in [-0.2, 0) is 0 Å². The van der Waals surface area contributed by atoms with E-state index in [0.717, 1.165) is 6.29 Å². The van der Waals surface area contributed by atoms with E-state index in [1.807, 2.05) is 34.7 Å². The molecule has 174 valence electrons. The Morgan fingerprint density at radius 1 is 1.22 bits per heavy atom. The number of fused-ring (bicyclic) bond motifs is 1. The molecule has 7 nitrogen and oxygen atoms in total. The molecular weight excluding hydrogens is 418 g/mol. The molecule has 1 atom stereocenters. The Kier molecular flexibility index (Phi) is 8.40. The fourth-order valence-corrected chi connectivity index (χ4v) is 2.72. The van der Waals surface area contributed by atoms with Gasteiger partial charge in [-0.25, -0.2) is 0 Å². The molecule has 3 aromatic rings. The number of ether oxygens (including phenoxy) is 1. The minimum absolute atomic E-state index is 0.0467. The lowest BCUT2D eigenvalue weighted by Gasteiger charge is -2.26. The van der Waals surface area contributed by atoms with Crippen LogP contribution in [0.4, 0.5) is 8.78 Å². The van der Waals surface area contributed by atoms with E-state index in [1.165, 1.54) is 18.3 Å². The van der Waals surface area contributed by atoms with Crippen LogP contribution in [-0.4, -0.2) is 51.5 Å². The molecule has 0 aliphatic heterocycles. The number of carbonyl (C=O) groups excluding carboxylic acids is 1. The highest BCUT2D eigenvalue weighted by Gasteiger charge is 2.20. The van der Waals surface area contributed by atoms with Crippen molar-refractivity contribution in [3.8, 4) is 17.0 Å². The first kappa shape index (κ1) is 25.4. The van der Waals surface area contributed by atoms with Crippen molar-refractivity contribution >= 4 is 17.3 Å². The van der Waals surface area contributed by atoms with Gasteiger partial charge in [-0.3, -0.25) is 14.5 Å². The number of aliphatic hydroxyl groups is 1. The lowest BCUT2D eigenvalue weighted by atomic mass is 10.00. The van der Waals surface area contributed by atoms with Gasteiger partial charge in [0.05, 0.1) is 11.6 Å². The van der Waals surface area contributed by atoms with Crippen LogP contribution < -0.4 is 10.1 Å². The van der Waals surface area contributed by atoms with Crippen molar-refractivity contribution in [1.82, 2.24) is 20.1 Å². The highest BCUT2D eigenvalue weighted by Crippen LogP contribution is 2.31. The Balaban J connectivity index is 0.000000390. The van der Waals surface area contributed by atoms with Crippen LogP contribution >= 0.6 is 0 Å². The van der Waals surface area contributed by atoms with Gasteiger partial charge in [-0.2, -0.15) is 13.9 Å². The number of nitrogens with zero attached hydrogens (tertiary/aromatic N) is 3. The van der Waals surface area contributed by atoms with Gasteiger partial charge in [-0.1, -0.05) is 12.1 Å². The summed E-state index contributed by atoms with van der Waals surface area (Å²) in [6.45, 7) is 6.71. The summed E-state index contributed by atoms with van der Waals surface area (Å²) in [4.78, 5) is 15.3. The second-order valence-corrected chi connectivity index (χ2v) is 8.20. The normalized spacial score (nSPS) is 12.6. The second kappa shape index (κ2) is 10.6. The van der Waals surface area contributed by atoms with Gasteiger partial charge in [0.1, 0.15) is 17.0 Å². The molecule has 0 spiro atoms. The summed E-state index contributed by atoms with van der Waals surface area (Å²) in [5.41, 5.74) is 2.78. The van der Waals surface area contributed by atoms with E-state index in [4.69, 9.17) is 5.11 Å². The average Bonchev–Trinajstić information content (AvgIpc) is 3.13. The number of carbonyl (C=O) groups is 1. The van der Waals surface area contributed by atoms with Gasteiger partial charge in [0, 0.05) is 28.9 Å². The molecule has 0 unspecified atom stereocenters. The number of benzene rings is 1. The van der Waals surface area contributed by atoms with E-state index in [2.05, 4.69) is 20.1 Å². The van der Waals surface area contributed by atoms with E-state index in [-0.39, 0.29) is 23.4 Å². The van der Waals surface area contributed by atoms with Crippen molar-refractivity contribution in [3.05, 3.63) is 42.1 Å². The quantitative estimate of drug-likeness (QED) is 0.519. The Bertz CT molecular complexity index is 1050. The molecule has 2 N–H and O–H groups in total. The van der Waals surface area contributed by atoms with Gasteiger partial charge in [-0.05, 0) is 59.9 Å². The predicted molar refractivity (Wildman–Crippen MR) is 120 cm³/mol. The number of nitrogens with one attached hydrogen (secondary N) is 1. The third-order valence-corrected chi connectivity index (χ3v) is 5.21. The van der Waals surface area contributed by atoms with Crippen LogP contribution in [0.2, 0.25) is 0 Å². The lowest BCUT2D eigenvalue weighted by molar-refractivity contribution is -0.0498. The molecule has 3 rings (SSSR count). The fourth-order valence-electron chi connectivity index (χ4n) is 2.72. The van der Waals surface area contributed by atoms with Crippen molar-refractivity contribution in [2.24, 2.45) is 0 Å². The molecule has 0 saturated heterocycles. The van der Waals surface area contributed by atoms with Gasteiger partial charge >= 0.3 is 6.61 Å². The van der Waals surface area contributed by atoms with Crippen LogP contribution in [0.5, 0.6) is 5.75 Å². The Morgan fingerprint density at radius 3 is 2.41 bits per heavy atom. The van der Waals surface area contributed by atoms with Gasteiger partial charge in [0.2, 0.25) is 0 Å². The first-order valence-electron chi connectivity index (χ1n) is 10.3. The monoisotopic (exact) mass is 448 g/mol. The maximum absolute atomic E-state index is 12.4. The van der Waals surface area contributed by atoms with E-state index in [1.54, 1.807) is 29.8 Å². The molecule has 0 aliphatic carbocycles. The van der Waals surface area contributed by atoms with Crippen molar-refractivity contribution in [1.29, 1.82) is 0 Å². The summed E-state index contributed by atoms with van der Waals surface area (Å²) in [6, 6.07) is 8.08. The van der Waals surface area contributed by atoms with Crippen LogP contribution in [0.25, 0.3) is 22.3 Å². The zero-order valence-electron chi connectivity index (χ0n) is 19.1. The predicted octanol–water partition coefficient (Wildman–Crippen LogP) is 4.46. The smallest absolute Gasteiger partial charge is 0.387 e. The zero-order valence-corrected chi connectivity index (χ0v) is 19.1. The van der Waals surface area contributed by atoms with E-state index < -0.39 is 6.61 Å². The number of pyridine rings is 1. The van der Waals surface area contributed by atoms with Gasteiger partial charge in [-0.15, -0.1) is 0 Å². The van der Waals surface area contributed by atoms with Gasteiger partial charge < -0.3 is 15.2 Å². The first-order valence-corrected chi connectivity index (χ1v) is 10.3. The number of halogens is 2. The first-order chi connectivity index (χ1) is 15.0. The number of likely N-dealkylation sites (N-methyl/N-ethyl adjacent to an activating group) is 1. The van der Waals surface area contributed by atoms with Crippen molar-refractivity contribution in [2.45, 2.75) is 58.9 Å². The number of hydrogen-bond acceptors (Lipinski definition) is 6. The molecule has 2 aromatic heterocycles. The highest BCUT2D eigenvalue weighted by atomic mass is 19.3. The fraction of sp³-hybridized carbons (Fsp3) is 0.435. The number of aromatic nitrogens is 3. The van der Waals surface area contributed by atoms with Crippen LogP contribution in [0.1, 0.15) is 51.0 Å². The standard InChI is InChI=1S/C17H15F2N3O2.C6H15NO/c1-10(2)22-14-6-11(9-23)8-20-16(14)15(21-22)12-4-3-5-13(7-12)24-17(18)19;1-5(8)6(2,3)7-4/h3-10,17H,1-2H3;5,7-8H,1-4H3/t;5-/m.1/s1. The maximum atomic E-state index is 12.4. The van der Waals surface area contributed by atoms with E-state index in [0.29, 0.717) is 27.9 Å². The van der Waals surface area contributed by atoms with Crippen LogP contribution in [0.3, 0.4) is 0 Å². The van der Waals surface area contributed by atoms with E-state index in [9.17, 15) is 13.6 Å². The molecule has 9 heteroatoms. The number of aldehydes is 1. The van der Waals surface area contributed by atoms with Gasteiger partial charge in [0.15, 0.2) is 6.29 Å². The Labute approximate surface area is 186 Å². The van der Waals surface area contributed by atoms with Crippen LogP contribution in [0, 0.1) is 0 Å². The van der Waals surface area contributed by atoms with Crippen LogP contribution in [0.15, 0.2) is 36.5 Å². The summed E-state index contributed by atoms with van der Waals surface area (Å²) < 4.78 is 31.0. The summed E-state index contributed by atoms with van der Waals surface area (Å²) >= 11 is 0. The molecule has 32 heavy (non-hydrogen) atoms. The number of aliphatic hydroxyl groups excluding tert-OH is 1. The number of rotatable bonds is 7. The van der Waals surface area contributed by atoms with Crippen molar-refractivity contribution < 1.29 is 23.4 Å². The largest absolute Gasteiger partial charge is 0.435 e. The number of alkyl halides is 2. The summed E-state index contributed by atoms with van der Waals surface area (Å²) in [5, 5.41) is 16.6. The van der Waals surface area contributed by atoms with E-state index >= 15 is 0 Å². The topological polar surface area (TPSA) is 89.3 Å².